The normalized spacial score (nSPS) is 30.6. The molecule has 0 amide bonds. The molecule has 1 heterocycles. The summed E-state index contributed by atoms with van der Waals surface area (Å²) in [5.74, 6) is 0. The van der Waals surface area contributed by atoms with Gasteiger partial charge in [-0.25, -0.2) is 0 Å². The van der Waals surface area contributed by atoms with Crippen LogP contribution in [0.3, 0.4) is 0 Å². The summed E-state index contributed by atoms with van der Waals surface area (Å²) in [7, 11) is 0. The smallest absolute Gasteiger partial charge is 0.0684 e. The van der Waals surface area contributed by atoms with E-state index in [1.54, 1.807) is 0 Å². The molecule has 0 aromatic carbocycles. The molecule has 0 aromatic rings. The van der Waals surface area contributed by atoms with Crippen molar-refractivity contribution in [2.24, 2.45) is 0 Å². The lowest BCUT2D eigenvalue weighted by Gasteiger charge is -2.29. The fourth-order valence-electron chi connectivity index (χ4n) is 1.75. The van der Waals surface area contributed by atoms with Crippen molar-refractivity contribution in [3.05, 3.63) is 12.7 Å². The average molecular weight is 155 g/mol. The van der Waals surface area contributed by atoms with Crippen LogP contribution in [0.15, 0.2) is 12.7 Å². The largest absolute Gasteiger partial charge is 0.392 e. The van der Waals surface area contributed by atoms with Gasteiger partial charge in [0.1, 0.15) is 0 Å². The highest BCUT2D eigenvalue weighted by molar-refractivity contribution is 4.95. The molecule has 0 saturated carbocycles. The van der Waals surface area contributed by atoms with Crippen LogP contribution in [0.5, 0.6) is 0 Å². The number of hydrogen-bond acceptors (Lipinski definition) is 2. The lowest BCUT2D eigenvalue weighted by molar-refractivity contribution is 0.176. The maximum atomic E-state index is 9.39. The minimum absolute atomic E-state index is 0.146. The first-order chi connectivity index (χ1) is 5.06. The molecule has 1 aliphatic heterocycles. The molecule has 1 fully saturated rings. The number of aliphatic hydroxyl groups excluding tert-OH is 1. The van der Waals surface area contributed by atoms with E-state index in [1.807, 2.05) is 6.08 Å². The molecule has 0 spiro atoms. The standard InChI is InChI=1S/C9H17NO/c1-4-5-10-7-8(11)6-9(10,2)3/h4,8,11H,1,5-7H2,2-3H3. The van der Waals surface area contributed by atoms with E-state index in [-0.39, 0.29) is 11.6 Å². The molecule has 11 heavy (non-hydrogen) atoms. The van der Waals surface area contributed by atoms with Gasteiger partial charge >= 0.3 is 0 Å². The lowest BCUT2D eigenvalue weighted by Crippen LogP contribution is -2.38. The molecule has 1 atom stereocenters. The average Bonchev–Trinajstić information content (AvgIpc) is 2.07. The summed E-state index contributed by atoms with van der Waals surface area (Å²) in [6.45, 7) is 9.68. The van der Waals surface area contributed by atoms with Gasteiger partial charge in [-0.05, 0) is 20.3 Å². The van der Waals surface area contributed by atoms with Crippen molar-refractivity contribution < 1.29 is 5.11 Å². The topological polar surface area (TPSA) is 23.5 Å². The summed E-state index contributed by atoms with van der Waals surface area (Å²) in [4.78, 5) is 2.25. The molecule has 1 N–H and O–H groups in total. The first kappa shape index (κ1) is 8.75. The minimum atomic E-state index is -0.148. The van der Waals surface area contributed by atoms with Gasteiger partial charge < -0.3 is 5.11 Å². The van der Waals surface area contributed by atoms with Crippen molar-refractivity contribution in [1.29, 1.82) is 0 Å². The van der Waals surface area contributed by atoms with Crippen LogP contribution < -0.4 is 0 Å². The van der Waals surface area contributed by atoms with Crippen LogP contribution in [0.4, 0.5) is 0 Å². The van der Waals surface area contributed by atoms with E-state index in [0.29, 0.717) is 0 Å². The van der Waals surface area contributed by atoms with Gasteiger partial charge in [0.05, 0.1) is 6.10 Å². The molecule has 0 radical (unpaired) electrons. The Morgan fingerprint density at radius 1 is 1.73 bits per heavy atom. The van der Waals surface area contributed by atoms with Gasteiger partial charge in [0.25, 0.3) is 0 Å². The molecule has 0 bridgehead atoms. The van der Waals surface area contributed by atoms with Gasteiger partial charge in [0, 0.05) is 18.6 Å². The zero-order chi connectivity index (χ0) is 8.48. The molecule has 2 heteroatoms. The first-order valence-electron chi connectivity index (χ1n) is 4.10. The van der Waals surface area contributed by atoms with Crippen molar-refractivity contribution >= 4 is 0 Å². The molecule has 1 saturated heterocycles. The molecule has 1 rings (SSSR count). The Bertz CT molecular complexity index is 154. The highest BCUT2D eigenvalue weighted by Gasteiger charge is 2.36. The van der Waals surface area contributed by atoms with E-state index >= 15 is 0 Å². The van der Waals surface area contributed by atoms with Gasteiger partial charge in [-0.3, -0.25) is 4.90 Å². The summed E-state index contributed by atoms with van der Waals surface area (Å²) < 4.78 is 0. The second-order valence-corrected chi connectivity index (χ2v) is 3.86. The van der Waals surface area contributed by atoms with Gasteiger partial charge in [-0.15, -0.1) is 6.58 Å². The molecule has 0 aliphatic carbocycles. The van der Waals surface area contributed by atoms with E-state index in [9.17, 15) is 5.11 Å². The molecular weight excluding hydrogens is 138 g/mol. The van der Waals surface area contributed by atoms with Crippen LogP contribution in [0.25, 0.3) is 0 Å². The van der Waals surface area contributed by atoms with Crippen LogP contribution in [0, 0.1) is 0 Å². The zero-order valence-electron chi connectivity index (χ0n) is 7.38. The maximum Gasteiger partial charge on any atom is 0.0684 e. The van der Waals surface area contributed by atoms with Crippen LogP contribution in [-0.4, -0.2) is 34.7 Å². The molecular formula is C9H17NO. The molecule has 1 aliphatic rings. The van der Waals surface area contributed by atoms with E-state index < -0.39 is 0 Å². The van der Waals surface area contributed by atoms with Gasteiger partial charge in [-0.2, -0.15) is 0 Å². The molecule has 0 aromatic heterocycles. The second-order valence-electron chi connectivity index (χ2n) is 3.86. The third kappa shape index (κ3) is 1.82. The Balaban J connectivity index is 2.58. The van der Waals surface area contributed by atoms with Crippen molar-refractivity contribution in [2.75, 3.05) is 13.1 Å². The molecule has 2 nitrogen and oxygen atoms in total. The number of aliphatic hydroxyl groups is 1. The lowest BCUT2D eigenvalue weighted by atomic mass is 10.0. The Hall–Kier alpha value is -0.340. The number of hydrogen-bond donors (Lipinski definition) is 1. The fourth-order valence-corrected chi connectivity index (χ4v) is 1.75. The van der Waals surface area contributed by atoms with E-state index in [4.69, 9.17) is 0 Å². The highest BCUT2D eigenvalue weighted by Crippen LogP contribution is 2.27. The quantitative estimate of drug-likeness (QED) is 0.602. The van der Waals surface area contributed by atoms with Gasteiger partial charge in [0.15, 0.2) is 0 Å². The van der Waals surface area contributed by atoms with Gasteiger partial charge in [0.2, 0.25) is 0 Å². The second kappa shape index (κ2) is 2.95. The number of rotatable bonds is 2. The molecule has 64 valence electrons. The Kier molecular flexibility index (Phi) is 2.35. The van der Waals surface area contributed by atoms with Crippen molar-refractivity contribution in [3.8, 4) is 0 Å². The third-order valence-electron chi connectivity index (χ3n) is 2.37. The predicted octanol–water partition coefficient (Wildman–Crippen LogP) is 1.02. The highest BCUT2D eigenvalue weighted by atomic mass is 16.3. The monoisotopic (exact) mass is 155 g/mol. The number of β-amino-alcohol motifs (C(OH)–C–C–N with tert-alkyl or cyclic N) is 1. The Morgan fingerprint density at radius 2 is 2.36 bits per heavy atom. The van der Waals surface area contributed by atoms with E-state index in [2.05, 4.69) is 25.3 Å². The van der Waals surface area contributed by atoms with E-state index in [1.165, 1.54) is 0 Å². The van der Waals surface area contributed by atoms with Gasteiger partial charge in [-0.1, -0.05) is 6.08 Å². The maximum absolute atomic E-state index is 9.39. The van der Waals surface area contributed by atoms with Crippen molar-refractivity contribution in [2.45, 2.75) is 31.9 Å². The summed E-state index contributed by atoms with van der Waals surface area (Å²) in [6, 6.07) is 0. The Labute approximate surface area is 68.5 Å². The minimum Gasteiger partial charge on any atom is -0.392 e. The van der Waals surface area contributed by atoms with Crippen molar-refractivity contribution in [3.63, 3.8) is 0 Å². The van der Waals surface area contributed by atoms with Crippen LogP contribution in [0.1, 0.15) is 20.3 Å². The summed E-state index contributed by atoms with van der Waals surface area (Å²) in [6.07, 6.45) is 2.62. The third-order valence-corrected chi connectivity index (χ3v) is 2.37. The fraction of sp³-hybridized carbons (Fsp3) is 0.778. The number of nitrogens with zero attached hydrogens (tertiary/aromatic N) is 1. The van der Waals surface area contributed by atoms with E-state index in [0.717, 1.165) is 19.5 Å². The summed E-state index contributed by atoms with van der Waals surface area (Å²) >= 11 is 0. The number of likely N-dealkylation sites (tertiary alicyclic amines) is 1. The molecule has 1 unspecified atom stereocenters. The SMILES string of the molecule is C=CCN1CC(O)CC1(C)C. The first-order valence-corrected chi connectivity index (χ1v) is 4.10. The Morgan fingerprint density at radius 3 is 2.73 bits per heavy atom. The van der Waals surface area contributed by atoms with Crippen LogP contribution in [-0.2, 0) is 0 Å². The van der Waals surface area contributed by atoms with Crippen LogP contribution in [0.2, 0.25) is 0 Å². The van der Waals surface area contributed by atoms with Crippen LogP contribution >= 0.6 is 0 Å². The zero-order valence-corrected chi connectivity index (χ0v) is 7.38. The predicted molar refractivity (Wildman–Crippen MR) is 46.5 cm³/mol. The van der Waals surface area contributed by atoms with Crippen molar-refractivity contribution in [1.82, 2.24) is 4.90 Å². The summed E-state index contributed by atoms with van der Waals surface area (Å²) in [5.41, 5.74) is 0.146. The summed E-state index contributed by atoms with van der Waals surface area (Å²) in [5, 5.41) is 9.39.